The summed E-state index contributed by atoms with van der Waals surface area (Å²) in [7, 11) is 0. The van der Waals surface area contributed by atoms with Crippen LogP contribution in [0.1, 0.15) is 46.5 Å². The topological polar surface area (TPSA) is 0 Å². The fraction of sp³-hybridized carbons (Fsp3) is 1.00. The van der Waals surface area contributed by atoms with E-state index >= 15 is 0 Å². The SMILES string of the molecule is CC.CC(CCC(F)(F)F)CCC(F)(F)F. The first-order valence-corrected chi connectivity index (χ1v) is 5.23. The molecule has 0 radical (unpaired) electrons. The van der Waals surface area contributed by atoms with Crippen LogP contribution in [0.25, 0.3) is 0 Å². The summed E-state index contributed by atoms with van der Waals surface area (Å²) in [5, 5.41) is 0. The van der Waals surface area contributed by atoms with E-state index in [-0.39, 0.29) is 12.8 Å². The first-order chi connectivity index (χ1) is 7.10. The summed E-state index contributed by atoms with van der Waals surface area (Å²) in [6.45, 7) is 5.40. The van der Waals surface area contributed by atoms with E-state index in [2.05, 4.69) is 0 Å². The quantitative estimate of drug-likeness (QED) is 0.593. The molecule has 0 rings (SSSR count). The molecule has 0 aromatic heterocycles. The van der Waals surface area contributed by atoms with Crippen molar-refractivity contribution in [1.82, 2.24) is 0 Å². The van der Waals surface area contributed by atoms with E-state index < -0.39 is 31.1 Å². The fourth-order valence-electron chi connectivity index (χ4n) is 0.964. The lowest BCUT2D eigenvalue weighted by molar-refractivity contribution is -0.143. The van der Waals surface area contributed by atoms with Gasteiger partial charge < -0.3 is 0 Å². The van der Waals surface area contributed by atoms with Gasteiger partial charge in [-0.2, -0.15) is 26.3 Å². The minimum absolute atomic E-state index is 0.237. The second-order valence-electron chi connectivity index (χ2n) is 3.41. The maximum atomic E-state index is 11.7. The lowest BCUT2D eigenvalue weighted by Gasteiger charge is -2.13. The van der Waals surface area contributed by atoms with Crippen molar-refractivity contribution in [3.8, 4) is 0 Å². The average molecular weight is 252 g/mol. The summed E-state index contributed by atoms with van der Waals surface area (Å²) < 4.78 is 70.0. The molecule has 0 bridgehead atoms. The fourth-order valence-corrected chi connectivity index (χ4v) is 0.964. The van der Waals surface area contributed by atoms with Crippen LogP contribution in [0.15, 0.2) is 0 Å². The van der Waals surface area contributed by atoms with Crippen LogP contribution in [0.4, 0.5) is 26.3 Å². The molecule has 100 valence electrons. The molecule has 0 aliphatic carbocycles. The highest BCUT2D eigenvalue weighted by molar-refractivity contribution is 4.60. The first-order valence-electron chi connectivity index (χ1n) is 5.23. The van der Waals surface area contributed by atoms with Crippen LogP contribution in [0, 0.1) is 5.92 Å². The zero-order valence-electron chi connectivity index (χ0n) is 9.67. The van der Waals surface area contributed by atoms with Gasteiger partial charge in [0.2, 0.25) is 0 Å². The molecule has 0 aromatic rings. The van der Waals surface area contributed by atoms with Crippen molar-refractivity contribution in [2.45, 2.75) is 58.8 Å². The molecule has 0 saturated heterocycles. The standard InChI is InChI=1S/C8H12F6.C2H6/c1-6(2-4-7(9,10)11)3-5-8(12,13)14;1-2/h6H,2-5H2,1H3;1-2H3. The number of halogens is 6. The Bertz CT molecular complexity index is 140. The number of hydrogen-bond acceptors (Lipinski definition) is 0. The van der Waals surface area contributed by atoms with Gasteiger partial charge >= 0.3 is 12.4 Å². The van der Waals surface area contributed by atoms with Crippen LogP contribution < -0.4 is 0 Å². The molecule has 6 heteroatoms. The third-order valence-electron chi connectivity index (χ3n) is 1.84. The zero-order valence-corrected chi connectivity index (χ0v) is 9.67. The Morgan fingerprint density at radius 1 is 0.750 bits per heavy atom. The second kappa shape index (κ2) is 7.79. The average Bonchev–Trinajstić information content (AvgIpc) is 2.12. The molecule has 0 nitrogen and oxygen atoms in total. The van der Waals surface area contributed by atoms with E-state index in [0.717, 1.165) is 0 Å². The molecule has 0 unspecified atom stereocenters. The highest BCUT2D eigenvalue weighted by atomic mass is 19.4. The molecule has 0 fully saturated rings. The van der Waals surface area contributed by atoms with Gasteiger partial charge in [-0.25, -0.2) is 0 Å². The van der Waals surface area contributed by atoms with Gasteiger partial charge in [-0.1, -0.05) is 20.8 Å². The maximum absolute atomic E-state index is 11.7. The minimum Gasteiger partial charge on any atom is -0.171 e. The molecular formula is C10H18F6. The van der Waals surface area contributed by atoms with E-state index in [1.165, 1.54) is 6.92 Å². The van der Waals surface area contributed by atoms with Crippen LogP contribution in [0.2, 0.25) is 0 Å². The van der Waals surface area contributed by atoms with Crippen molar-refractivity contribution in [2.24, 2.45) is 5.92 Å². The third-order valence-corrected chi connectivity index (χ3v) is 1.84. The summed E-state index contributed by atoms with van der Waals surface area (Å²) >= 11 is 0. The molecule has 16 heavy (non-hydrogen) atoms. The number of rotatable bonds is 4. The van der Waals surface area contributed by atoms with Gasteiger partial charge in [0.1, 0.15) is 0 Å². The van der Waals surface area contributed by atoms with Gasteiger partial charge in [-0.05, 0) is 18.8 Å². The van der Waals surface area contributed by atoms with Gasteiger partial charge in [0, 0.05) is 12.8 Å². The van der Waals surface area contributed by atoms with Gasteiger partial charge in [0.25, 0.3) is 0 Å². The minimum atomic E-state index is -4.27. The van der Waals surface area contributed by atoms with Crippen LogP contribution in [0.5, 0.6) is 0 Å². The van der Waals surface area contributed by atoms with Crippen LogP contribution in [0.3, 0.4) is 0 Å². The Labute approximate surface area is 92.0 Å². The highest BCUT2D eigenvalue weighted by Crippen LogP contribution is 2.29. The Kier molecular flexibility index (Phi) is 8.74. The Morgan fingerprint density at radius 3 is 1.19 bits per heavy atom. The predicted molar refractivity (Wildman–Crippen MR) is 51.1 cm³/mol. The molecule has 0 N–H and O–H groups in total. The molecule has 0 aliphatic rings. The van der Waals surface area contributed by atoms with Crippen molar-refractivity contribution in [2.75, 3.05) is 0 Å². The van der Waals surface area contributed by atoms with Crippen LogP contribution in [-0.2, 0) is 0 Å². The molecule has 0 spiro atoms. The van der Waals surface area contributed by atoms with Crippen molar-refractivity contribution in [3.63, 3.8) is 0 Å². The van der Waals surface area contributed by atoms with E-state index in [1.807, 2.05) is 13.8 Å². The second-order valence-corrected chi connectivity index (χ2v) is 3.41. The Hall–Kier alpha value is -0.420. The normalized spacial score (nSPS) is 12.4. The number of hydrogen-bond donors (Lipinski definition) is 0. The molecule has 0 saturated carbocycles. The summed E-state index contributed by atoms with van der Waals surface area (Å²) in [4.78, 5) is 0. The largest absolute Gasteiger partial charge is 0.389 e. The van der Waals surface area contributed by atoms with Crippen molar-refractivity contribution in [1.29, 1.82) is 0 Å². The van der Waals surface area contributed by atoms with Gasteiger partial charge in [-0.3, -0.25) is 0 Å². The Balaban J connectivity index is 0. The molecular weight excluding hydrogens is 234 g/mol. The predicted octanol–water partition coefficient (Wildman–Crippen LogP) is 5.33. The molecule has 0 aromatic carbocycles. The van der Waals surface area contributed by atoms with Crippen molar-refractivity contribution in [3.05, 3.63) is 0 Å². The summed E-state index contributed by atoms with van der Waals surface area (Å²) in [6.07, 6.45) is -11.0. The van der Waals surface area contributed by atoms with Gasteiger partial charge in [-0.15, -0.1) is 0 Å². The lowest BCUT2D eigenvalue weighted by Crippen LogP contribution is -2.12. The molecule has 0 amide bonds. The van der Waals surface area contributed by atoms with Crippen molar-refractivity contribution >= 4 is 0 Å². The lowest BCUT2D eigenvalue weighted by atomic mass is 9.99. The Morgan fingerprint density at radius 2 is 1.00 bits per heavy atom. The highest BCUT2D eigenvalue weighted by Gasteiger charge is 2.30. The zero-order chi connectivity index (χ0) is 13.4. The first kappa shape index (κ1) is 18.0. The van der Waals surface area contributed by atoms with Crippen LogP contribution >= 0.6 is 0 Å². The van der Waals surface area contributed by atoms with E-state index in [0.29, 0.717) is 0 Å². The van der Waals surface area contributed by atoms with Gasteiger partial charge in [0.15, 0.2) is 0 Å². The van der Waals surface area contributed by atoms with Crippen LogP contribution in [-0.4, -0.2) is 12.4 Å². The molecule has 0 atom stereocenters. The molecule has 0 heterocycles. The van der Waals surface area contributed by atoms with E-state index in [9.17, 15) is 26.3 Å². The summed E-state index contributed by atoms with van der Waals surface area (Å²) in [6, 6.07) is 0. The maximum Gasteiger partial charge on any atom is 0.389 e. The molecule has 0 aliphatic heterocycles. The van der Waals surface area contributed by atoms with Gasteiger partial charge in [0.05, 0.1) is 0 Å². The smallest absolute Gasteiger partial charge is 0.171 e. The summed E-state index contributed by atoms with van der Waals surface area (Å²) in [5.41, 5.74) is 0. The van der Waals surface area contributed by atoms with E-state index in [1.54, 1.807) is 0 Å². The van der Waals surface area contributed by atoms with Crippen molar-refractivity contribution < 1.29 is 26.3 Å². The number of alkyl halides is 6. The summed E-state index contributed by atoms with van der Waals surface area (Å²) in [5.74, 6) is -0.543. The third kappa shape index (κ3) is 16.0. The van der Waals surface area contributed by atoms with E-state index in [4.69, 9.17) is 0 Å². The monoisotopic (exact) mass is 252 g/mol.